The van der Waals surface area contributed by atoms with Crippen molar-refractivity contribution in [3.8, 4) is 0 Å². The predicted octanol–water partition coefficient (Wildman–Crippen LogP) is -5.57. The first-order chi connectivity index (χ1) is 6.10. The van der Waals surface area contributed by atoms with Gasteiger partial charge in [-0.15, -0.1) is 0 Å². The van der Waals surface area contributed by atoms with Gasteiger partial charge in [0.25, 0.3) is 0 Å². The third kappa shape index (κ3) is 12.3. The van der Waals surface area contributed by atoms with Crippen LogP contribution >= 0.6 is 0 Å². The minimum atomic E-state index is -0.824. The summed E-state index contributed by atoms with van der Waals surface area (Å²) in [5, 5.41) is 0. The van der Waals surface area contributed by atoms with Gasteiger partial charge in [0.1, 0.15) is 0 Å². The zero-order valence-corrected chi connectivity index (χ0v) is 13.2. The molecule has 0 aromatic carbocycles. The second kappa shape index (κ2) is 12.4. The molecule has 0 radical (unpaired) electrons. The number of ether oxygens (including phenoxy) is 2. The van der Waals surface area contributed by atoms with Crippen molar-refractivity contribution in [3.63, 3.8) is 0 Å². The van der Waals surface area contributed by atoms with Crippen LogP contribution in [0.15, 0.2) is 12.7 Å². The van der Waals surface area contributed by atoms with E-state index in [4.69, 9.17) is 0 Å². The molecular weight excluding hydrogens is 222 g/mol. The number of rotatable bonds is 4. The molecule has 0 unspecified atom stereocenters. The van der Waals surface area contributed by atoms with Gasteiger partial charge in [0.15, 0.2) is 0 Å². The smallest absolute Gasteiger partial charge is 1.00 e. The van der Waals surface area contributed by atoms with Crippen molar-refractivity contribution in [2.24, 2.45) is 0 Å². The topological polar surface area (TPSA) is 69.7 Å². The normalized spacial score (nSPS) is 7.53. The quantitative estimate of drug-likeness (QED) is 0.210. The second-order valence-electron chi connectivity index (χ2n) is 2.07. The molecule has 0 saturated carbocycles. The van der Waals surface area contributed by atoms with E-state index in [1.54, 1.807) is 0 Å². The molecule has 0 N–H and O–H groups in total. The van der Waals surface area contributed by atoms with Crippen molar-refractivity contribution in [1.82, 2.24) is 0 Å². The third-order valence-electron chi connectivity index (χ3n) is 1.14. The van der Waals surface area contributed by atoms with E-state index in [-0.39, 0.29) is 74.8 Å². The molecule has 0 rings (SSSR count). The summed E-state index contributed by atoms with van der Waals surface area (Å²) in [6.45, 7) is 3.11. The van der Waals surface area contributed by atoms with Crippen molar-refractivity contribution in [3.05, 3.63) is 12.7 Å². The van der Waals surface area contributed by atoms with E-state index < -0.39 is 17.9 Å². The van der Waals surface area contributed by atoms with E-state index in [9.17, 15) is 14.4 Å². The fourth-order valence-electron chi connectivity index (χ4n) is 0.511. The summed E-state index contributed by atoms with van der Waals surface area (Å²) in [5.41, 5.74) is 0. The maximum absolute atomic E-state index is 10.7. The summed E-state index contributed by atoms with van der Waals surface area (Å²) < 4.78 is 8.47. The number of hydrogen-bond donors (Lipinski definition) is 0. The van der Waals surface area contributed by atoms with Crippen LogP contribution in [-0.4, -0.2) is 25.0 Å². The SMILES string of the molecule is C=CC(=O)OC(=O)CCC(=O)OC.[H-].[H-].[Na+].[Na+]. The van der Waals surface area contributed by atoms with Crippen LogP contribution in [-0.2, 0) is 23.9 Å². The van der Waals surface area contributed by atoms with Crippen LogP contribution in [0.3, 0.4) is 0 Å². The van der Waals surface area contributed by atoms with Crippen LogP contribution in [0.4, 0.5) is 0 Å². The van der Waals surface area contributed by atoms with Gasteiger partial charge in [-0.1, -0.05) is 6.58 Å². The molecule has 0 heterocycles. The third-order valence-corrected chi connectivity index (χ3v) is 1.14. The summed E-state index contributed by atoms with van der Waals surface area (Å²) >= 11 is 0. The largest absolute Gasteiger partial charge is 1.00 e. The number of carbonyl (C=O) groups excluding carboxylic acids is 3. The molecule has 5 nitrogen and oxygen atoms in total. The van der Waals surface area contributed by atoms with E-state index in [2.05, 4.69) is 16.1 Å². The number of esters is 3. The van der Waals surface area contributed by atoms with Gasteiger partial charge in [-0.25, -0.2) is 4.79 Å². The summed E-state index contributed by atoms with van der Waals surface area (Å²) in [5.74, 6) is -2.12. The maximum Gasteiger partial charge on any atom is 1.00 e. The Morgan fingerprint density at radius 2 is 1.67 bits per heavy atom. The minimum Gasteiger partial charge on any atom is -1.00 e. The Hall–Kier alpha value is 0.350. The van der Waals surface area contributed by atoms with Crippen LogP contribution < -0.4 is 59.1 Å². The standard InChI is InChI=1S/C8H10O5.2Na.2H/c1-3-6(9)13-8(11)5-4-7(10)12-2;;;;/h3H,1,4-5H2,2H3;;;;/q;2*+1;2*-1. The molecule has 0 amide bonds. The molecule has 7 heteroatoms. The first-order valence-electron chi connectivity index (χ1n) is 3.54. The summed E-state index contributed by atoms with van der Waals surface area (Å²) in [6, 6.07) is 0. The van der Waals surface area contributed by atoms with Crippen LogP contribution in [0, 0.1) is 0 Å². The Labute approximate surface area is 135 Å². The fourth-order valence-corrected chi connectivity index (χ4v) is 0.511. The van der Waals surface area contributed by atoms with Gasteiger partial charge in [-0.3, -0.25) is 9.59 Å². The molecule has 0 aromatic heterocycles. The molecule has 0 aliphatic rings. The average molecular weight is 234 g/mol. The number of hydrogen-bond acceptors (Lipinski definition) is 5. The monoisotopic (exact) mass is 234 g/mol. The van der Waals surface area contributed by atoms with E-state index in [0.29, 0.717) is 0 Å². The van der Waals surface area contributed by atoms with Crippen LogP contribution in [0.1, 0.15) is 15.7 Å². The van der Waals surface area contributed by atoms with Gasteiger partial charge in [-0.05, 0) is 0 Å². The van der Waals surface area contributed by atoms with E-state index >= 15 is 0 Å². The van der Waals surface area contributed by atoms with Gasteiger partial charge in [-0.2, -0.15) is 0 Å². The Balaban J connectivity index is -0.000000120. The summed E-state index contributed by atoms with van der Waals surface area (Å²) in [4.78, 5) is 31.7. The van der Waals surface area contributed by atoms with Gasteiger partial charge < -0.3 is 12.3 Å². The zero-order chi connectivity index (χ0) is 10.3. The maximum atomic E-state index is 10.7. The number of methoxy groups -OCH3 is 1. The van der Waals surface area contributed by atoms with Crippen LogP contribution in [0.5, 0.6) is 0 Å². The molecule has 15 heavy (non-hydrogen) atoms. The van der Waals surface area contributed by atoms with E-state index in [0.717, 1.165) is 6.08 Å². The first-order valence-corrected chi connectivity index (χ1v) is 3.54. The molecule has 0 saturated heterocycles. The van der Waals surface area contributed by atoms with E-state index in [1.807, 2.05) is 0 Å². The molecule has 0 aliphatic carbocycles. The molecule has 0 bridgehead atoms. The van der Waals surface area contributed by atoms with Crippen molar-refractivity contribution in [1.29, 1.82) is 0 Å². The van der Waals surface area contributed by atoms with Gasteiger partial charge in [0.2, 0.25) is 0 Å². The molecule has 0 aliphatic heterocycles. The van der Waals surface area contributed by atoms with Gasteiger partial charge in [0.05, 0.1) is 20.0 Å². The van der Waals surface area contributed by atoms with Gasteiger partial charge in [0, 0.05) is 6.08 Å². The average Bonchev–Trinajstić information content (AvgIpc) is 2.13. The Morgan fingerprint density at radius 1 is 1.20 bits per heavy atom. The predicted molar refractivity (Wildman–Crippen MR) is 44.8 cm³/mol. The Bertz CT molecular complexity index is 248. The van der Waals surface area contributed by atoms with Crippen molar-refractivity contribution < 1.29 is 85.8 Å². The van der Waals surface area contributed by atoms with Crippen molar-refractivity contribution >= 4 is 17.9 Å². The molecular formula is C8H12Na2O5. The minimum absolute atomic E-state index is 0. The zero-order valence-electron chi connectivity index (χ0n) is 11.2. The Morgan fingerprint density at radius 3 is 2.07 bits per heavy atom. The summed E-state index contributed by atoms with van der Waals surface area (Å²) in [7, 11) is 1.21. The van der Waals surface area contributed by atoms with Crippen molar-refractivity contribution in [2.75, 3.05) is 7.11 Å². The Kier molecular flexibility index (Phi) is 17.2. The summed E-state index contributed by atoms with van der Waals surface area (Å²) in [6.07, 6.45) is 0.599. The van der Waals surface area contributed by atoms with E-state index in [1.165, 1.54) is 7.11 Å². The molecule has 0 fully saturated rings. The van der Waals surface area contributed by atoms with Crippen LogP contribution in [0.25, 0.3) is 0 Å². The first kappa shape index (κ1) is 20.7. The second-order valence-corrected chi connectivity index (χ2v) is 2.07. The van der Waals surface area contributed by atoms with Crippen molar-refractivity contribution in [2.45, 2.75) is 12.8 Å². The molecule has 0 spiro atoms. The fraction of sp³-hybridized carbons (Fsp3) is 0.375. The molecule has 0 aromatic rings. The van der Waals surface area contributed by atoms with Gasteiger partial charge >= 0.3 is 77.0 Å². The van der Waals surface area contributed by atoms with Crippen LogP contribution in [0.2, 0.25) is 0 Å². The molecule has 0 atom stereocenters. The molecule has 76 valence electrons. The number of carbonyl (C=O) groups is 3.